The van der Waals surface area contributed by atoms with Crippen LogP contribution in [0.15, 0.2) is 6.07 Å². The Kier molecular flexibility index (Phi) is 1.98. The highest BCUT2D eigenvalue weighted by atomic mass is 19.2. The van der Waals surface area contributed by atoms with Gasteiger partial charge in [0.2, 0.25) is 5.82 Å². The van der Waals surface area contributed by atoms with Crippen LogP contribution in [0.5, 0.6) is 5.75 Å². The highest BCUT2D eigenvalue weighted by Crippen LogP contribution is 2.30. The van der Waals surface area contributed by atoms with Crippen LogP contribution in [-0.2, 0) is 6.42 Å². The molecule has 1 aliphatic rings. The van der Waals surface area contributed by atoms with E-state index < -0.39 is 17.4 Å². The molecule has 0 bridgehead atoms. The fourth-order valence-electron chi connectivity index (χ4n) is 1.70. The van der Waals surface area contributed by atoms with Gasteiger partial charge in [0.1, 0.15) is 0 Å². The summed E-state index contributed by atoms with van der Waals surface area (Å²) in [6.45, 7) is 0. The molecule has 0 saturated carbocycles. The van der Waals surface area contributed by atoms with E-state index in [2.05, 4.69) is 0 Å². The zero-order valence-corrected chi connectivity index (χ0v) is 7.31. The Morgan fingerprint density at radius 2 is 1.93 bits per heavy atom. The number of halogens is 2. The van der Waals surface area contributed by atoms with E-state index in [1.807, 2.05) is 0 Å². The molecule has 4 heteroatoms. The van der Waals surface area contributed by atoms with Crippen molar-refractivity contribution in [1.29, 1.82) is 0 Å². The summed E-state index contributed by atoms with van der Waals surface area (Å²) in [5.74, 6) is -3.39. The topological polar surface area (TPSA) is 37.3 Å². The lowest BCUT2D eigenvalue weighted by atomic mass is 9.90. The van der Waals surface area contributed by atoms with Crippen molar-refractivity contribution in [3.8, 4) is 5.75 Å². The van der Waals surface area contributed by atoms with Gasteiger partial charge in [-0.1, -0.05) is 0 Å². The van der Waals surface area contributed by atoms with Crippen LogP contribution in [0.1, 0.15) is 28.8 Å². The summed E-state index contributed by atoms with van der Waals surface area (Å²) >= 11 is 0. The van der Waals surface area contributed by atoms with Crippen LogP contribution < -0.4 is 0 Å². The Balaban J connectivity index is 2.69. The monoisotopic (exact) mass is 198 g/mol. The summed E-state index contributed by atoms with van der Waals surface area (Å²) < 4.78 is 26.1. The van der Waals surface area contributed by atoms with E-state index in [4.69, 9.17) is 5.11 Å². The molecule has 0 fully saturated rings. The molecule has 0 amide bonds. The average molecular weight is 198 g/mol. The van der Waals surface area contributed by atoms with Crippen molar-refractivity contribution in [3.63, 3.8) is 0 Å². The van der Waals surface area contributed by atoms with Gasteiger partial charge >= 0.3 is 0 Å². The first-order chi connectivity index (χ1) is 6.61. The average Bonchev–Trinajstić information content (AvgIpc) is 2.17. The summed E-state index contributed by atoms with van der Waals surface area (Å²) in [7, 11) is 0. The first-order valence-electron chi connectivity index (χ1n) is 4.34. The summed E-state index contributed by atoms with van der Waals surface area (Å²) in [5, 5.41) is 9.01. The predicted octanol–water partition coefficient (Wildman–Crippen LogP) is 2.19. The summed E-state index contributed by atoms with van der Waals surface area (Å²) in [5.41, 5.74) is 0.212. The number of benzene rings is 1. The molecule has 0 heterocycles. The molecule has 1 N–H and O–H groups in total. The Morgan fingerprint density at radius 1 is 1.21 bits per heavy atom. The Bertz CT molecular complexity index is 413. The van der Waals surface area contributed by atoms with E-state index in [1.54, 1.807) is 0 Å². The quantitative estimate of drug-likeness (QED) is 0.693. The molecular weight excluding hydrogens is 190 g/mol. The Labute approximate surface area is 79.2 Å². The molecule has 2 rings (SSSR count). The molecule has 0 unspecified atom stereocenters. The number of phenols is 1. The van der Waals surface area contributed by atoms with E-state index in [1.165, 1.54) is 0 Å². The lowest BCUT2D eigenvalue weighted by Crippen LogP contribution is -2.13. The molecule has 0 saturated heterocycles. The van der Waals surface area contributed by atoms with E-state index in [0.29, 0.717) is 19.3 Å². The molecule has 1 aliphatic carbocycles. The fourth-order valence-corrected chi connectivity index (χ4v) is 1.70. The van der Waals surface area contributed by atoms with Crippen molar-refractivity contribution in [1.82, 2.24) is 0 Å². The summed E-state index contributed by atoms with van der Waals surface area (Å²) in [4.78, 5) is 11.3. The van der Waals surface area contributed by atoms with Gasteiger partial charge in [0.15, 0.2) is 17.3 Å². The zero-order valence-electron chi connectivity index (χ0n) is 7.31. The molecule has 0 aliphatic heterocycles. The number of hydrogen-bond acceptors (Lipinski definition) is 2. The Morgan fingerprint density at radius 3 is 2.64 bits per heavy atom. The lowest BCUT2D eigenvalue weighted by molar-refractivity contribution is 0.0970. The maximum atomic E-state index is 13.2. The molecule has 74 valence electrons. The number of hydrogen-bond donors (Lipinski definition) is 1. The van der Waals surface area contributed by atoms with E-state index in [9.17, 15) is 13.6 Å². The number of fused-ring (bicyclic) bond motifs is 1. The van der Waals surface area contributed by atoms with Crippen LogP contribution >= 0.6 is 0 Å². The Hall–Kier alpha value is -1.45. The molecule has 0 aromatic heterocycles. The molecule has 0 atom stereocenters. The normalized spacial score (nSPS) is 15.4. The number of phenolic OH excluding ortho intramolecular Hbond substituents is 1. The second-order valence-electron chi connectivity index (χ2n) is 3.33. The first kappa shape index (κ1) is 9.12. The number of aromatic hydroxyl groups is 1. The number of rotatable bonds is 0. The maximum absolute atomic E-state index is 13.2. The third-order valence-electron chi connectivity index (χ3n) is 2.42. The fraction of sp³-hybridized carbons (Fsp3) is 0.300. The van der Waals surface area contributed by atoms with Crippen LogP contribution in [0.3, 0.4) is 0 Å². The van der Waals surface area contributed by atoms with Gasteiger partial charge in [-0.05, 0) is 18.9 Å². The highest BCUT2D eigenvalue weighted by molar-refractivity contribution is 5.98. The van der Waals surface area contributed by atoms with Gasteiger partial charge in [-0.3, -0.25) is 4.79 Å². The lowest BCUT2D eigenvalue weighted by Gasteiger charge is -2.15. The molecule has 0 radical (unpaired) electrons. The van der Waals surface area contributed by atoms with Crippen LogP contribution in [0.25, 0.3) is 0 Å². The third-order valence-corrected chi connectivity index (χ3v) is 2.42. The van der Waals surface area contributed by atoms with Crippen molar-refractivity contribution in [2.45, 2.75) is 19.3 Å². The molecule has 1 aromatic rings. The number of ketones is 1. The molecular formula is C10H8F2O2. The minimum atomic E-state index is -1.27. The van der Waals surface area contributed by atoms with Gasteiger partial charge in [-0.2, -0.15) is 4.39 Å². The highest BCUT2D eigenvalue weighted by Gasteiger charge is 2.24. The van der Waals surface area contributed by atoms with Crippen molar-refractivity contribution in [3.05, 3.63) is 28.8 Å². The zero-order chi connectivity index (χ0) is 10.3. The van der Waals surface area contributed by atoms with Crippen LogP contribution in [0, 0.1) is 11.6 Å². The number of carbonyl (C=O) groups is 1. The summed E-state index contributed by atoms with van der Waals surface area (Å²) in [6, 6.07) is 1.01. The van der Waals surface area contributed by atoms with E-state index in [-0.39, 0.29) is 16.9 Å². The van der Waals surface area contributed by atoms with Gasteiger partial charge in [0.05, 0.1) is 0 Å². The van der Waals surface area contributed by atoms with Gasteiger partial charge in [-0.25, -0.2) is 4.39 Å². The third kappa shape index (κ3) is 1.18. The van der Waals surface area contributed by atoms with E-state index >= 15 is 0 Å². The smallest absolute Gasteiger partial charge is 0.200 e. The van der Waals surface area contributed by atoms with E-state index in [0.717, 1.165) is 6.07 Å². The van der Waals surface area contributed by atoms with Gasteiger partial charge < -0.3 is 5.11 Å². The number of carbonyl (C=O) groups excluding carboxylic acids is 1. The second kappa shape index (κ2) is 3.04. The van der Waals surface area contributed by atoms with Gasteiger partial charge in [0, 0.05) is 17.5 Å². The molecule has 0 spiro atoms. The van der Waals surface area contributed by atoms with Crippen molar-refractivity contribution in [2.24, 2.45) is 0 Å². The largest absolute Gasteiger partial charge is 0.505 e. The minimum Gasteiger partial charge on any atom is -0.505 e. The molecule has 2 nitrogen and oxygen atoms in total. The van der Waals surface area contributed by atoms with Crippen molar-refractivity contribution < 1.29 is 18.7 Å². The first-order valence-corrected chi connectivity index (χ1v) is 4.34. The number of Topliss-reactive ketones (excluding diaryl/α,β-unsaturated/α-hetero) is 1. The maximum Gasteiger partial charge on any atom is 0.200 e. The second-order valence-corrected chi connectivity index (χ2v) is 3.33. The van der Waals surface area contributed by atoms with Crippen molar-refractivity contribution in [2.75, 3.05) is 0 Å². The molecule has 1 aromatic carbocycles. The van der Waals surface area contributed by atoms with Crippen LogP contribution in [0.2, 0.25) is 0 Å². The SMILES string of the molecule is O=C1CCCc2c1cc(O)c(F)c2F. The molecule has 14 heavy (non-hydrogen) atoms. The minimum absolute atomic E-state index is 0.0940. The van der Waals surface area contributed by atoms with Gasteiger partial charge in [-0.15, -0.1) is 0 Å². The standard InChI is InChI=1S/C10H8F2O2/c11-9-5-2-1-3-7(13)6(5)4-8(14)10(9)12/h4,14H,1-3H2. The summed E-state index contributed by atoms with van der Waals surface area (Å²) in [6.07, 6.45) is 1.22. The van der Waals surface area contributed by atoms with Crippen molar-refractivity contribution >= 4 is 5.78 Å². The predicted molar refractivity (Wildman–Crippen MR) is 45.3 cm³/mol. The van der Waals surface area contributed by atoms with Crippen LogP contribution in [0.4, 0.5) is 8.78 Å². The van der Waals surface area contributed by atoms with Crippen LogP contribution in [-0.4, -0.2) is 10.9 Å². The van der Waals surface area contributed by atoms with Gasteiger partial charge in [0.25, 0.3) is 0 Å².